The summed E-state index contributed by atoms with van der Waals surface area (Å²) in [5.41, 5.74) is 4.67. The van der Waals surface area contributed by atoms with Crippen LogP contribution >= 0.6 is 24.0 Å². The number of halogens is 3. The van der Waals surface area contributed by atoms with Gasteiger partial charge in [0.15, 0.2) is 0 Å². The Hall–Kier alpha value is -1.83. The molecule has 0 bridgehead atoms. The van der Waals surface area contributed by atoms with Crippen molar-refractivity contribution in [2.24, 2.45) is 5.73 Å². The summed E-state index contributed by atoms with van der Waals surface area (Å²) in [6.07, 6.45) is -2.11. The maximum Gasteiger partial charge on any atom is 0.341 e. The molecule has 1 atom stereocenters. The van der Waals surface area contributed by atoms with E-state index >= 15 is 4.39 Å². The van der Waals surface area contributed by atoms with Gasteiger partial charge in [0, 0.05) is 36.9 Å². The fourth-order valence-corrected chi connectivity index (χ4v) is 3.86. The van der Waals surface area contributed by atoms with Crippen molar-refractivity contribution in [1.29, 1.82) is 0 Å². The van der Waals surface area contributed by atoms with Crippen LogP contribution in [0.2, 0.25) is 5.02 Å². The van der Waals surface area contributed by atoms with E-state index in [4.69, 9.17) is 22.8 Å². The number of anilines is 1. The first kappa shape index (κ1) is 16.0. The van der Waals surface area contributed by atoms with Gasteiger partial charge in [0.1, 0.15) is 11.4 Å². The molecule has 2 fully saturated rings. The van der Waals surface area contributed by atoms with Gasteiger partial charge in [0.25, 0.3) is 0 Å². The number of nitrogens with two attached hydrogens (primary N) is 1. The standard InChI is InChI=1S/C19H21ClFN3O3.ClH/c20-15-16-12(18(25)13(19(26)27)9-24(16)11-4-5-11)7-14(21)17(15)23-6-2-1-3-10(22)8-23;/h7,9-11H,1-6,8,22H2,(H,26,27);1H/t10-;/m0./s1/i1D2,2D2;. The van der Waals surface area contributed by atoms with Crippen LogP contribution in [0.25, 0.3) is 10.9 Å². The predicted octanol–water partition coefficient (Wildman–Crippen LogP) is 3.57. The first-order chi connectivity index (χ1) is 14.3. The second-order valence-corrected chi connectivity index (χ2v) is 7.31. The van der Waals surface area contributed by atoms with Crippen LogP contribution in [0.4, 0.5) is 10.1 Å². The van der Waals surface area contributed by atoms with Crippen LogP contribution in [0, 0.1) is 5.82 Å². The fraction of sp³-hybridized carbons (Fsp3) is 0.474. The average molecular weight is 434 g/mol. The van der Waals surface area contributed by atoms with Crippen LogP contribution in [0.1, 0.15) is 53.9 Å². The van der Waals surface area contributed by atoms with Crippen LogP contribution in [-0.4, -0.2) is 34.8 Å². The topological polar surface area (TPSA) is 88.6 Å². The smallest absolute Gasteiger partial charge is 0.341 e. The van der Waals surface area contributed by atoms with Gasteiger partial charge in [0.05, 0.1) is 21.6 Å². The van der Waals surface area contributed by atoms with E-state index in [2.05, 4.69) is 0 Å². The van der Waals surface area contributed by atoms with Gasteiger partial charge in [-0.25, -0.2) is 9.18 Å². The van der Waals surface area contributed by atoms with E-state index in [9.17, 15) is 14.7 Å². The maximum atomic E-state index is 15.3. The molecule has 0 spiro atoms. The van der Waals surface area contributed by atoms with Crippen LogP contribution in [-0.2, 0) is 0 Å². The molecule has 2 aliphatic rings. The zero-order valence-corrected chi connectivity index (χ0v) is 16.3. The molecule has 1 aliphatic heterocycles. The lowest BCUT2D eigenvalue weighted by atomic mass is 10.1. The van der Waals surface area contributed by atoms with Crippen LogP contribution in [0.3, 0.4) is 0 Å². The number of aromatic nitrogens is 1. The minimum atomic E-state index is -2.34. The van der Waals surface area contributed by atoms with E-state index < -0.39 is 48.1 Å². The van der Waals surface area contributed by atoms with Crippen molar-refractivity contribution in [1.82, 2.24) is 4.57 Å². The van der Waals surface area contributed by atoms with E-state index in [0.717, 1.165) is 18.9 Å². The van der Waals surface area contributed by atoms with Crippen molar-refractivity contribution < 1.29 is 19.8 Å². The van der Waals surface area contributed by atoms with Crippen molar-refractivity contribution in [2.45, 2.75) is 44.1 Å². The molecule has 2 aromatic rings. The molecule has 1 aliphatic carbocycles. The number of pyridine rings is 1. The number of hydrogen-bond acceptors (Lipinski definition) is 4. The number of carbonyl (C=O) groups is 1. The molecule has 0 unspecified atom stereocenters. The summed E-state index contributed by atoms with van der Waals surface area (Å²) in [6.45, 7) is -0.529. The van der Waals surface area contributed by atoms with E-state index in [1.54, 1.807) is 4.57 Å². The molecule has 4 rings (SSSR count). The predicted molar refractivity (Wildman–Crippen MR) is 110 cm³/mol. The molecule has 0 radical (unpaired) electrons. The zero-order valence-electron chi connectivity index (χ0n) is 18.7. The zero-order chi connectivity index (χ0) is 22.9. The summed E-state index contributed by atoms with van der Waals surface area (Å²) in [7, 11) is 0. The van der Waals surface area contributed by atoms with E-state index in [1.807, 2.05) is 0 Å². The Labute approximate surface area is 178 Å². The van der Waals surface area contributed by atoms with Crippen molar-refractivity contribution in [2.75, 3.05) is 18.0 Å². The summed E-state index contributed by atoms with van der Waals surface area (Å²) in [5.74, 6) is -2.35. The number of carboxylic acids is 1. The van der Waals surface area contributed by atoms with Crippen molar-refractivity contribution in [3.8, 4) is 0 Å². The first-order valence-electron chi connectivity index (χ1n) is 10.6. The average Bonchev–Trinajstić information content (AvgIpc) is 3.45. The van der Waals surface area contributed by atoms with Gasteiger partial charge >= 0.3 is 5.97 Å². The molecule has 152 valence electrons. The Balaban J connectivity index is 0.00000289. The summed E-state index contributed by atoms with van der Waals surface area (Å²) in [5, 5.41) is 9.05. The number of nitrogens with zero attached hydrogens (tertiary/aromatic N) is 2. The van der Waals surface area contributed by atoms with Crippen LogP contribution in [0.15, 0.2) is 17.1 Å². The third-order valence-electron chi connectivity index (χ3n) is 4.88. The fourth-order valence-electron chi connectivity index (χ4n) is 3.45. The Morgan fingerprint density at radius 1 is 1.36 bits per heavy atom. The SMILES string of the molecule is Cl.[2H]C1([2H])C[C@H](N)CN(c2c(F)cc3c(=O)c(C(=O)O)cn(C4CC4)c3c2Cl)CC1([2H])[2H]. The third-order valence-corrected chi connectivity index (χ3v) is 5.24. The molecule has 9 heteroatoms. The van der Waals surface area contributed by atoms with Crippen LogP contribution < -0.4 is 16.1 Å². The minimum Gasteiger partial charge on any atom is -0.477 e. The Bertz CT molecular complexity index is 1160. The molecule has 0 amide bonds. The molecule has 6 nitrogen and oxygen atoms in total. The van der Waals surface area contributed by atoms with Gasteiger partial charge in [-0.3, -0.25) is 4.79 Å². The normalized spacial score (nSPS) is 25.7. The summed E-state index contributed by atoms with van der Waals surface area (Å²) >= 11 is 6.58. The molecule has 1 saturated carbocycles. The van der Waals surface area contributed by atoms with Crippen molar-refractivity contribution in [3.05, 3.63) is 38.9 Å². The highest BCUT2D eigenvalue weighted by atomic mass is 35.5. The largest absolute Gasteiger partial charge is 0.477 e. The second-order valence-electron chi connectivity index (χ2n) is 6.93. The van der Waals surface area contributed by atoms with Crippen LogP contribution in [0.5, 0.6) is 0 Å². The lowest BCUT2D eigenvalue weighted by Crippen LogP contribution is -2.36. The lowest BCUT2D eigenvalue weighted by molar-refractivity contribution is 0.0695. The first-order valence-corrected chi connectivity index (χ1v) is 9.02. The highest BCUT2D eigenvalue weighted by molar-refractivity contribution is 6.38. The van der Waals surface area contributed by atoms with Crippen molar-refractivity contribution in [3.63, 3.8) is 0 Å². The van der Waals surface area contributed by atoms with Gasteiger partial charge in [-0.2, -0.15) is 0 Å². The summed E-state index contributed by atoms with van der Waals surface area (Å²) < 4.78 is 49.3. The summed E-state index contributed by atoms with van der Waals surface area (Å²) in [6, 6.07) is 0.0629. The second kappa shape index (κ2) is 7.89. The van der Waals surface area contributed by atoms with Gasteiger partial charge in [-0.1, -0.05) is 18.0 Å². The minimum absolute atomic E-state index is 0. The highest BCUT2D eigenvalue weighted by Gasteiger charge is 2.30. The molecule has 1 aromatic heterocycles. The molecule has 3 N–H and O–H groups in total. The lowest BCUT2D eigenvalue weighted by Gasteiger charge is -2.27. The van der Waals surface area contributed by atoms with E-state index in [1.165, 1.54) is 11.1 Å². The highest BCUT2D eigenvalue weighted by Crippen LogP contribution is 2.42. The molecule has 28 heavy (non-hydrogen) atoms. The van der Waals surface area contributed by atoms with Gasteiger partial charge in [0.2, 0.25) is 5.43 Å². The number of rotatable bonds is 3. The van der Waals surface area contributed by atoms with Crippen molar-refractivity contribution >= 4 is 46.6 Å². The molecule has 1 aromatic carbocycles. The number of hydrogen-bond donors (Lipinski definition) is 2. The van der Waals surface area contributed by atoms with Gasteiger partial charge in [-0.15, -0.1) is 12.4 Å². The Morgan fingerprint density at radius 2 is 2.07 bits per heavy atom. The third kappa shape index (κ3) is 3.58. The molecule has 1 saturated heterocycles. The molecule has 2 heterocycles. The Kier molecular flexibility index (Phi) is 4.51. The maximum absolute atomic E-state index is 15.3. The van der Waals surface area contributed by atoms with E-state index in [-0.39, 0.29) is 53.0 Å². The van der Waals surface area contributed by atoms with E-state index in [0.29, 0.717) is 0 Å². The number of aromatic carboxylic acids is 1. The monoisotopic (exact) mass is 433 g/mol. The molecular weight excluding hydrogens is 408 g/mol. The number of benzene rings is 1. The summed E-state index contributed by atoms with van der Waals surface area (Å²) in [4.78, 5) is 25.5. The quantitative estimate of drug-likeness (QED) is 0.771. The van der Waals surface area contributed by atoms with Gasteiger partial charge in [-0.05, 0) is 31.7 Å². The van der Waals surface area contributed by atoms with Gasteiger partial charge < -0.3 is 20.3 Å². The Morgan fingerprint density at radius 3 is 2.71 bits per heavy atom. The number of carboxylic acid groups (broad SMARTS) is 1. The molecular formula is C19H22Cl2FN3O3. The number of fused-ring (bicyclic) bond motifs is 1.